The van der Waals surface area contributed by atoms with Crippen molar-refractivity contribution in [1.29, 1.82) is 0 Å². The number of aromatic nitrogens is 2. The molecule has 1 unspecified atom stereocenters. The number of aryl methyl sites for hydroxylation is 2. The quantitative estimate of drug-likeness (QED) is 0.942. The van der Waals surface area contributed by atoms with E-state index in [0.29, 0.717) is 23.6 Å². The standard InChI is InChI=1S/C14H20N4OS/c1-5-18-13(12(15)9(2)16-18)14(19)17(4)10(3)11-7-6-8-20-11/h6-8,10H,5,15H2,1-4H3. The fourth-order valence-electron chi connectivity index (χ4n) is 2.11. The van der Waals surface area contributed by atoms with Crippen molar-refractivity contribution in [2.45, 2.75) is 33.4 Å². The topological polar surface area (TPSA) is 64.2 Å². The van der Waals surface area contributed by atoms with Gasteiger partial charge in [0.25, 0.3) is 5.91 Å². The second kappa shape index (κ2) is 5.66. The Bertz CT molecular complexity index is 603. The normalized spacial score (nSPS) is 12.4. The van der Waals surface area contributed by atoms with Gasteiger partial charge in [-0.25, -0.2) is 0 Å². The summed E-state index contributed by atoms with van der Waals surface area (Å²) in [4.78, 5) is 15.5. The second-order valence-electron chi connectivity index (χ2n) is 4.77. The van der Waals surface area contributed by atoms with Gasteiger partial charge in [-0.05, 0) is 32.2 Å². The summed E-state index contributed by atoms with van der Waals surface area (Å²) in [5, 5.41) is 6.31. The molecule has 20 heavy (non-hydrogen) atoms. The van der Waals surface area contributed by atoms with Crippen LogP contribution in [0.2, 0.25) is 0 Å². The smallest absolute Gasteiger partial charge is 0.274 e. The van der Waals surface area contributed by atoms with E-state index in [-0.39, 0.29) is 11.9 Å². The van der Waals surface area contributed by atoms with Gasteiger partial charge in [-0.15, -0.1) is 11.3 Å². The molecule has 0 aliphatic carbocycles. The zero-order valence-corrected chi connectivity index (χ0v) is 13.1. The van der Waals surface area contributed by atoms with E-state index in [1.165, 1.54) is 0 Å². The Hall–Kier alpha value is -1.82. The molecule has 6 heteroatoms. The molecule has 0 radical (unpaired) electrons. The first kappa shape index (κ1) is 14.6. The predicted octanol–water partition coefficient (Wildman–Crippen LogP) is 2.69. The number of nitrogens with zero attached hydrogens (tertiary/aromatic N) is 3. The number of anilines is 1. The molecule has 0 aliphatic heterocycles. The highest BCUT2D eigenvalue weighted by Gasteiger charge is 2.26. The van der Waals surface area contributed by atoms with Gasteiger partial charge in [0.2, 0.25) is 0 Å². The summed E-state index contributed by atoms with van der Waals surface area (Å²) >= 11 is 1.64. The van der Waals surface area contributed by atoms with Gasteiger partial charge in [0, 0.05) is 18.5 Å². The number of nitrogens with two attached hydrogens (primary N) is 1. The third-order valence-corrected chi connectivity index (χ3v) is 4.57. The van der Waals surface area contributed by atoms with Gasteiger partial charge in [0.1, 0.15) is 5.69 Å². The minimum Gasteiger partial charge on any atom is -0.395 e. The second-order valence-corrected chi connectivity index (χ2v) is 5.75. The lowest BCUT2D eigenvalue weighted by atomic mass is 10.2. The molecule has 0 bridgehead atoms. The third-order valence-electron chi connectivity index (χ3n) is 3.53. The Labute approximate surface area is 123 Å². The largest absolute Gasteiger partial charge is 0.395 e. The molecule has 0 saturated heterocycles. The molecular weight excluding hydrogens is 272 g/mol. The molecule has 2 aromatic rings. The molecule has 1 atom stereocenters. The fourth-order valence-corrected chi connectivity index (χ4v) is 2.94. The Morgan fingerprint density at radius 2 is 2.30 bits per heavy atom. The predicted molar refractivity (Wildman–Crippen MR) is 81.9 cm³/mol. The highest BCUT2D eigenvalue weighted by Crippen LogP contribution is 2.26. The van der Waals surface area contributed by atoms with E-state index >= 15 is 0 Å². The van der Waals surface area contributed by atoms with Crippen LogP contribution in [0.4, 0.5) is 5.69 Å². The number of thiophene rings is 1. The summed E-state index contributed by atoms with van der Waals surface area (Å²) in [5.41, 5.74) is 7.67. The Balaban J connectivity index is 2.31. The molecule has 2 aromatic heterocycles. The van der Waals surface area contributed by atoms with Gasteiger partial charge in [-0.3, -0.25) is 9.48 Å². The number of amides is 1. The van der Waals surface area contributed by atoms with Crippen LogP contribution in [0.3, 0.4) is 0 Å². The molecule has 0 fully saturated rings. The van der Waals surface area contributed by atoms with Gasteiger partial charge in [-0.1, -0.05) is 6.07 Å². The van der Waals surface area contributed by atoms with Crippen LogP contribution in [0.25, 0.3) is 0 Å². The van der Waals surface area contributed by atoms with Crippen molar-refractivity contribution in [3.8, 4) is 0 Å². The highest BCUT2D eigenvalue weighted by molar-refractivity contribution is 7.10. The molecule has 2 heterocycles. The zero-order valence-electron chi connectivity index (χ0n) is 12.3. The molecule has 0 aromatic carbocycles. The maximum Gasteiger partial charge on any atom is 0.274 e. The van der Waals surface area contributed by atoms with E-state index in [0.717, 1.165) is 4.88 Å². The lowest BCUT2D eigenvalue weighted by molar-refractivity contribution is 0.0733. The monoisotopic (exact) mass is 292 g/mol. The number of rotatable bonds is 4. The highest BCUT2D eigenvalue weighted by atomic mass is 32.1. The average Bonchev–Trinajstić information content (AvgIpc) is 3.06. The van der Waals surface area contributed by atoms with Gasteiger partial charge in [0.15, 0.2) is 0 Å². The zero-order chi connectivity index (χ0) is 14.9. The lowest BCUT2D eigenvalue weighted by Gasteiger charge is -2.24. The van der Waals surface area contributed by atoms with Crippen LogP contribution in [-0.4, -0.2) is 27.6 Å². The van der Waals surface area contributed by atoms with Crippen molar-refractivity contribution in [2.24, 2.45) is 0 Å². The van der Waals surface area contributed by atoms with Crippen molar-refractivity contribution < 1.29 is 4.79 Å². The van der Waals surface area contributed by atoms with E-state index in [1.54, 1.807) is 28.0 Å². The van der Waals surface area contributed by atoms with Gasteiger partial charge in [0.05, 0.1) is 17.4 Å². The molecule has 0 saturated carbocycles. The molecule has 108 valence electrons. The van der Waals surface area contributed by atoms with Crippen LogP contribution < -0.4 is 5.73 Å². The van der Waals surface area contributed by atoms with Gasteiger partial charge in [-0.2, -0.15) is 5.10 Å². The molecule has 2 rings (SSSR count). The van der Waals surface area contributed by atoms with Crippen LogP contribution in [0.15, 0.2) is 17.5 Å². The van der Waals surface area contributed by atoms with Crippen LogP contribution >= 0.6 is 11.3 Å². The number of carbonyl (C=O) groups is 1. The molecule has 5 nitrogen and oxygen atoms in total. The maximum atomic E-state index is 12.7. The van der Waals surface area contributed by atoms with E-state index in [4.69, 9.17) is 5.73 Å². The first-order chi connectivity index (χ1) is 9.47. The summed E-state index contributed by atoms with van der Waals surface area (Å²) in [7, 11) is 1.80. The summed E-state index contributed by atoms with van der Waals surface area (Å²) in [5.74, 6) is -0.0918. The minimum absolute atomic E-state index is 0.0161. The van der Waals surface area contributed by atoms with Gasteiger partial charge < -0.3 is 10.6 Å². The van der Waals surface area contributed by atoms with E-state index in [9.17, 15) is 4.79 Å². The molecule has 1 amide bonds. The SMILES string of the molecule is CCn1nc(C)c(N)c1C(=O)N(C)C(C)c1cccs1. The number of hydrogen-bond donors (Lipinski definition) is 1. The summed E-state index contributed by atoms with van der Waals surface area (Å²) < 4.78 is 1.67. The van der Waals surface area contributed by atoms with Crippen molar-refractivity contribution in [2.75, 3.05) is 12.8 Å². The maximum absolute atomic E-state index is 12.7. The number of hydrogen-bond acceptors (Lipinski definition) is 4. The van der Waals surface area contributed by atoms with Crippen molar-refractivity contribution in [1.82, 2.24) is 14.7 Å². The van der Waals surface area contributed by atoms with Crippen LogP contribution in [0.5, 0.6) is 0 Å². The van der Waals surface area contributed by atoms with Gasteiger partial charge >= 0.3 is 0 Å². The summed E-state index contributed by atoms with van der Waals surface area (Å²) in [6.45, 7) is 6.41. The number of carbonyl (C=O) groups excluding carboxylic acids is 1. The summed E-state index contributed by atoms with van der Waals surface area (Å²) in [6, 6.07) is 4.04. The fraction of sp³-hybridized carbons (Fsp3) is 0.429. The Kier molecular flexibility index (Phi) is 4.13. The molecular formula is C14H20N4OS. The Morgan fingerprint density at radius 3 is 2.85 bits per heavy atom. The van der Waals surface area contributed by atoms with E-state index < -0.39 is 0 Å². The third kappa shape index (κ3) is 2.43. The number of nitrogen functional groups attached to an aromatic ring is 1. The van der Waals surface area contributed by atoms with Crippen molar-refractivity contribution >= 4 is 22.9 Å². The first-order valence-corrected chi connectivity index (χ1v) is 7.48. The van der Waals surface area contributed by atoms with Crippen LogP contribution in [-0.2, 0) is 6.54 Å². The Morgan fingerprint density at radius 1 is 1.60 bits per heavy atom. The molecule has 0 aliphatic rings. The van der Waals surface area contributed by atoms with Crippen molar-refractivity contribution in [3.63, 3.8) is 0 Å². The van der Waals surface area contributed by atoms with E-state index in [1.807, 2.05) is 38.3 Å². The van der Waals surface area contributed by atoms with E-state index in [2.05, 4.69) is 5.10 Å². The van der Waals surface area contributed by atoms with Crippen LogP contribution in [0.1, 0.15) is 40.9 Å². The first-order valence-electron chi connectivity index (χ1n) is 6.60. The molecule has 0 spiro atoms. The summed E-state index contributed by atoms with van der Waals surface area (Å²) in [6.07, 6.45) is 0. The molecule has 2 N–H and O–H groups in total. The van der Waals surface area contributed by atoms with Crippen LogP contribution in [0, 0.1) is 6.92 Å². The average molecular weight is 292 g/mol. The lowest BCUT2D eigenvalue weighted by Crippen LogP contribution is -2.31. The van der Waals surface area contributed by atoms with Crippen molar-refractivity contribution in [3.05, 3.63) is 33.8 Å². The minimum atomic E-state index is -0.0918.